The summed E-state index contributed by atoms with van der Waals surface area (Å²) in [5.74, 6) is 1.06. The van der Waals surface area contributed by atoms with Gasteiger partial charge in [-0.1, -0.05) is 57.5 Å². The predicted octanol–water partition coefficient (Wildman–Crippen LogP) is 3.76. The van der Waals surface area contributed by atoms with Gasteiger partial charge >= 0.3 is 0 Å². The number of hydrogen-bond donors (Lipinski definition) is 1. The highest BCUT2D eigenvalue weighted by Crippen LogP contribution is 2.42. The lowest BCUT2D eigenvalue weighted by atomic mass is 9.64. The maximum absolute atomic E-state index is 10.3. The van der Waals surface area contributed by atoms with Gasteiger partial charge in [-0.15, -0.1) is 0 Å². The number of rotatable bonds is 2. The normalized spacial score (nSPS) is 30.2. The summed E-state index contributed by atoms with van der Waals surface area (Å²) < 4.78 is 0. The molecule has 0 spiro atoms. The van der Waals surface area contributed by atoms with E-state index in [2.05, 4.69) is 51.1 Å². The second-order valence-corrected chi connectivity index (χ2v) is 6.18. The lowest BCUT2D eigenvalue weighted by Gasteiger charge is -2.42. The molecule has 1 N–H and O–H groups in total. The molecule has 0 radical (unpaired) electrons. The van der Waals surface area contributed by atoms with Crippen LogP contribution in [0, 0.1) is 11.8 Å². The quantitative estimate of drug-likeness (QED) is 0.823. The summed E-state index contributed by atoms with van der Waals surface area (Å²) in [5, 5.41) is 10.3. The molecule has 1 aliphatic carbocycles. The highest BCUT2D eigenvalue weighted by Gasteiger charge is 2.38. The molecule has 0 heterocycles. The average Bonchev–Trinajstić information content (AvgIpc) is 2.29. The van der Waals surface area contributed by atoms with Crippen molar-refractivity contribution in [3.05, 3.63) is 35.9 Å². The standard InChI is InChI=1S/C16H24O/c1-12-9-10-14(15(17)11-12)16(2,3)13-7-5-4-6-8-13/h4-8,12,14-15,17H,9-11H2,1-3H3/t12-,14-,15-/m0/s1. The minimum Gasteiger partial charge on any atom is -0.393 e. The van der Waals surface area contributed by atoms with Crippen molar-refractivity contribution in [1.29, 1.82) is 0 Å². The summed E-state index contributed by atoms with van der Waals surface area (Å²) in [5.41, 5.74) is 1.42. The first-order valence-corrected chi connectivity index (χ1v) is 6.75. The van der Waals surface area contributed by atoms with Crippen LogP contribution in [0.3, 0.4) is 0 Å². The van der Waals surface area contributed by atoms with Crippen molar-refractivity contribution >= 4 is 0 Å². The molecule has 3 atom stereocenters. The Morgan fingerprint density at radius 3 is 2.35 bits per heavy atom. The van der Waals surface area contributed by atoms with Crippen LogP contribution in [-0.2, 0) is 5.41 Å². The van der Waals surface area contributed by atoms with Gasteiger partial charge < -0.3 is 5.11 Å². The fraction of sp³-hybridized carbons (Fsp3) is 0.625. The van der Waals surface area contributed by atoms with E-state index in [1.165, 1.54) is 12.0 Å². The second-order valence-electron chi connectivity index (χ2n) is 6.18. The molecule has 1 aromatic carbocycles. The SMILES string of the molecule is C[C@H]1CC[C@H](C(C)(C)c2ccccc2)[C@@H](O)C1. The summed E-state index contributed by atoms with van der Waals surface area (Å²) in [6.45, 7) is 6.79. The third-order valence-electron chi connectivity index (χ3n) is 4.52. The Morgan fingerprint density at radius 2 is 1.76 bits per heavy atom. The highest BCUT2D eigenvalue weighted by molar-refractivity contribution is 5.25. The molecule has 0 saturated heterocycles. The van der Waals surface area contributed by atoms with E-state index in [1.54, 1.807) is 0 Å². The van der Waals surface area contributed by atoms with Crippen LogP contribution in [0.25, 0.3) is 0 Å². The lowest BCUT2D eigenvalue weighted by molar-refractivity contribution is 0.0143. The van der Waals surface area contributed by atoms with Crippen molar-refractivity contribution in [2.24, 2.45) is 11.8 Å². The van der Waals surface area contributed by atoms with Crippen molar-refractivity contribution in [1.82, 2.24) is 0 Å². The summed E-state index contributed by atoms with van der Waals surface area (Å²) in [6, 6.07) is 10.6. The van der Waals surface area contributed by atoms with Gasteiger partial charge in [-0.2, -0.15) is 0 Å². The van der Waals surface area contributed by atoms with E-state index < -0.39 is 0 Å². The molecule has 1 fully saturated rings. The number of benzene rings is 1. The van der Waals surface area contributed by atoms with Crippen LogP contribution in [0.5, 0.6) is 0 Å². The fourth-order valence-corrected chi connectivity index (χ4v) is 3.27. The van der Waals surface area contributed by atoms with Crippen molar-refractivity contribution in [2.45, 2.75) is 51.6 Å². The van der Waals surface area contributed by atoms with E-state index in [4.69, 9.17) is 0 Å². The molecular weight excluding hydrogens is 208 g/mol. The molecule has 1 saturated carbocycles. The van der Waals surface area contributed by atoms with Crippen LogP contribution < -0.4 is 0 Å². The molecule has 94 valence electrons. The first-order valence-electron chi connectivity index (χ1n) is 6.75. The van der Waals surface area contributed by atoms with Gasteiger partial charge in [0.15, 0.2) is 0 Å². The Bertz CT molecular complexity index is 355. The Kier molecular flexibility index (Phi) is 3.58. The number of aliphatic hydroxyl groups excluding tert-OH is 1. The second kappa shape index (κ2) is 4.81. The van der Waals surface area contributed by atoms with Gasteiger partial charge in [0.05, 0.1) is 6.10 Å². The summed E-state index contributed by atoms with van der Waals surface area (Å²) in [7, 11) is 0. The minimum absolute atomic E-state index is 0.0703. The molecule has 0 unspecified atom stereocenters. The lowest BCUT2D eigenvalue weighted by Crippen LogP contribution is -2.41. The van der Waals surface area contributed by atoms with Crippen molar-refractivity contribution in [3.63, 3.8) is 0 Å². The zero-order valence-electron chi connectivity index (χ0n) is 11.2. The summed E-state index contributed by atoms with van der Waals surface area (Å²) >= 11 is 0. The molecule has 17 heavy (non-hydrogen) atoms. The molecule has 1 aliphatic rings. The van der Waals surface area contributed by atoms with Gasteiger partial charge in [0.1, 0.15) is 0 Å². The summed E-state index contributed by atoms with van der Waals surface area (Å²) in [4.78, 5) is 0. The van der Waals surface area contributed by atoms with E-state index >= 15 is 0 Å². The summed E-state index contributed by atoms with van der Waals surface area (Å²) in [6.07, 6.45) is 3.21. The molecule has 1 heteroatoms. The van der Waals surface area contributed by atoms with Crippen molar-refractivity contribution < 1.29 is 5.11 Å². The fourth-order valence-electron chi connectivity index (χ4n) is 3.27. The van der Waals surface area contributed by atoms with Gasteiger partial charge in [0, 0.05) is 0 Å². The van der Waals surface area contributed by atoms with Crippen LogP contribution in [0.2, 0.25) is 0 Å². The van der Waals surface area contributed by atoms with Gasteiger partial charge in [0.2, 0.25) is 0 Å². The zero-order chi connectivity index (χ0) is 12.5. The third-order valence-corrected chi connectivity index (χ3v) is 4.52. The molecular formula is C16H24O. The zero-order valence-corrected chi connectivity index (χ0v) is 11.2. The molecule has 0 aliphatic heterocycles. The van der Waals surface area contributed by atoms with Gasteiger partial charge in [-0.3, -0.25) is 0 Å². The Morgan fingerprint density at radius 1 is 1.12 bits per heavy atom. The molecule has 0 aromatic heterocycles. The van der Waals surface area contributed by atoms with Crippen molar-refractivity contribution in [3.8, 4) is 0 Å². The third kappa shape index (κ3) is 2.55. The maximum atomic E-state index is 10.3. The molecule has 1 nitrogen and oxygen atoms in total. The van der Waals surface area contributed by atoms with E-state index in [9.17, 15) is 5.11 Å². The maximum Gasteiger partial charge on any atom is 0.0579 e. The molecule has 1 aromatic rings. The van der Waals surface area contributed by atoms with E-state index in [1.807, 2.05) is 0 Å². The van der Waals surface area contributed by atoms with Crippen LogP contribution in [0.15, 0.2) is 30.3 Å². The number of hydrogen-bond acceptors (Lipinski definition) is 1. The smallest absolute Gasteiger partial charge is 0.0579 e. The minimum atomic E-state index is -0.144. The van der Waals surface area contributed by atoms with E-state index in [-0.39, 0.29) is 11.5 Å². The Balaban J connectivity index is 2.21. The van der Waals surface area contributed by atoms with Gasteiger partial charge in [0.25, 0.3) is 0 Å². The van der Waals surface area contributed by atoms with Gasteiger partial charge in [-0.25, -0.2) is 0 Å². The molecule has 2 rings (SSSR count). The van der Waals surface area contributed by atoms with E-state index in [0.29, 0.717) is 11.8 Å². The highest BCUT2D eigenvalue weighted by atomic mass is 16.3. The molecule has 0 amide bonds. The monoisotopic (exact) mass is 232 g/mol. The van der Waals surface area contributed by atoms with Crippen molar-refractivity contribution in [2.75, 3.05) is 0 Å². The van der Waals surface area contributed by atoms with Crippen LogP contribution >= 0.6 is 0 Å². The predicted molar refractivity (Wildman–Crippen MR) is 72.0 cm³/mol. The average molecular weight is 232 g/mol. The topological polar surface area (TPSA) is 20.2 Å². The first kappa shape index (κ1) is 12.6. The largest absolute Gasteiger partial charge is 0.393 e. The molecule has 0 bridgehead atoms. The van der Waals surface area contributed by atoms with Crippen LogP contribution in [0.4, 0.5) is 0 Å². The first-order chi connectivity index (χ1) is 8.01. The Labute approximate surface area is 105 Å². The number of aliphatic hydroxyl groups is 1. The van der Waals surface area contributed by atoms with Gasteiger partial charge in [-0.05, 0) is 35.7 Å². The van der Waals surface area contributed by atoms with Crippen LogP contribution in [0.1, 0.15) is 45.6 Å². The van der Waals surface area contributed by atoms with Crippen LogP contribution in [-0.4, -0.2) is 11.2 Å². The van der Waals surface area contributed by atoms with E-state index in [0.717, 1.165) is 12.8 Å². The Hall–Kier alpha value is -0.820.